The van der Waals surface area contributed by atoms with E-state index in [1.54, 1.807) is 6.07 Å². The van der Waals surface area contributed by atoms with E-state index in [1.165, 1.54) is 0 Å². The number of anilines is 1. The third-order valence-electron chi connectivity index (χ3n) is 2.29. The molecule has 0 saturated heterocycles. The van der Waals surface area contributed by atoms with E-state index < -0.39 is 6.43 Å². The Hall–Kier alpha value is -1.65. The van der Waals surface area contributed by atoms with E-state index in [-0.39, 0.29) is 6.54 Å². The minimum Gasteiger partial charge on any atom is -0.364 e. The first kappa shape index (κ1) is 10.9. The Morgan fingerprint density at radius 1 is 1.25 bits per heavy atom. The molecule has 1 heterocycles. The molecule has 82 valence electrons. The first-order valence-electron chi connectivity index (χ1n) is 5.04. The highest BCUT2D eigenvalue weighted by atomic mass is 19.3. The lowest BCUT2D eigenvalue weighted by Crippen LogP contribution is -2.11. The minimum absolute atomic E-state index is 0.371. The van der Waals surface area contributed by atoms with E-state index >= 15 is 0 Å². The SMILES string of the molecule is Bc1ccc2ccc(NCC(F)F)nc2c1. The van der Waals surface area contributed by atoms with Crippen molar-refractivity contribution in [1.82, 2.24) is 4.98 Å². The first-order chi connectivity index (χ1) is 7.65. The molecule has 0 fully saturated rings. The highest BCUT2D eigenvalue weighted by molar-refractivity contribution is 6.33. The van der Waals surface area contributed by atoms with Crippen LogP contribution in [0.1, 0.15) is 0 Å². The molecule has 1 aromatic carbocycles. The van der Waals surface area contributed by atoms with Crippen molar-refractivity contribution in [3.63, 3.8) is 0 Å². The summed E-state index contributed by atoms with van der Waals surface area (Å²) in [5.74, 6) is 0.485. The van der Waals surface area contributed by atoms with Gasteiger partial charge in [0, 0.05) is 5.39 Å². The monoisotopic (exact) mass is 220 g/mol. The van der Waals surface area contributed by atoms with Gasteiger partial charge < -0.3 is 5.32 Å². The number of benzene rings is 1. The van der Waals surface area contributed by atoms with Crippen molar-refractivity contribution < 1.29 is 8.78 Å². The molecule has 5 heteroatoms. The van der Waals surface area contributed by atoms with Gasteiger partial charge in [-0.05, 0) is 18.2 Å². The number of pyridine rings is 1. The van der Waals surface area contributed by atoms with Crippen LogP contribution in [0.25, 0.3) is 10.9 Å². The van der Waals surface area contributed by atoms with Gasteiger partial charge in [-0.2, -0.15) is 0 Å². The van der Waals surface area contributed by atoms with Crippen LogP contribution in [-0.4, -0.2) is 25.8 Å². The van der Waals surface area contributed by atoms with Crippen molar-refractivity contribution >= 4 is 30.0 Å². The third kappa shape index (κ3) is 2.48. The van der Waals surface area contributed by atoms with Crippen LogP contribution in [0.5, 0.6) is 0 Å². The predicted molar refractivity (Wildman–Crippen MR) is 64.4 cm³/mol. The lowest BCUT2D eigenvalue weighted by Gasteiger charge is -2.06. The Balaban J connectivity index is 2.28. The van der Waals surface area contributed by atoms with E-state index in [0.717, 1.165) is 16.4 Å². The molecule has 0 aliphatic rings. The van der Waals surface area contributed by atoms with E-state index in [9.17, 15) is 8.78 Å². The van der Waals surface area contributed by atoms with Gasteiger partial charge in [-0.1, -0.05) is 17.6 Å². The fraction of sp³-hybridized carbons (Fsp3) is 0.182. The van der Waals surface area contributed by atoms with Crippen molar-refractivity contribution in [3.05, 3.63) is 30.3 Å². The molecule has 0 amide bonds. The summed E-state index contributed by atoms with van der Waals surface area (Å²) in [6.45, 7) is -0.371. The van der Waals surface area contributed by atoms with Gasteiger partial charge in [0.2, 0.25) is 0 Å². The molecule has 0 saturated carbocycles. The summed E-state index contributed by atoms with van der Waals surface area (Å²) in [5.41, 5.74) is 1.92. The van der Waals surface area contributed by atoms with Gasteiger partial charge in [0.25, 0.3) is 6.43 Å². The van der Waals surface area contributed by atoms with Gasteiger partial charge in [0.05, 0.1) is 12.1 Å². The Bertz CT molecular complexity index is 502. The Morgan fingerprint density at radius 3 is 2.75 bits per heavy atom. The summed E-state index contributed by atoms with van der Waals surface area (Å²) < 4.78 is 24.0. The van der Waals surface area contributed by atoms with Crippen molar-refractivity contribution in [2.75, 3.05) is 11.9 Å². The van der Waals surface area contributed by atoms with Crippen LogP contribution in [0.4, 0.5) is 14.6 Å². The standard InChI is InChI=1S/C11H11BF2N2/c12-8-3-1-7-2-4-11(15-6-10(13)14)16-9(7)5-8/h1-5,10H,6,12H2,(H,15,16). The zero-order valence-corrected chi connectivity index (χ0v) is 8.87. The predicted octanol–water partition coefficient (Wildman–Crippen LogP) is 1.17. The van der Waals surface area contributed by atoms with Crippen LogP contribution in [0, 0.1) is 0 Å². The van der Waals surface area contributed by atoms with E-state index in [1.807, 2.05) is 32.1 Å². The topological polar surface area (TPSA) is 24.9 Å². The van der Waals surface area contributed by atoms with E-state index in [4.69, 9.17) is 0 Å². The number of hydrogen-bond donors (Lipinski definition) is 1. The number of nitrogens with zero attached hydrogens (tertiary/aromatic N) is 1. The lowest BCUT2D eigenvalue weighted by atomic mass is 9.95. The molecule has 2 aromatic rings. The molecule has 1 aromatic heterocycles. The number of halogens is 2. The second kappa shape index (κ2) is 4.47. The second-order valence-electron chi connectivity index (χ2n) is 3.66. The summed E-state index contributed by atoms with van der Waals surface area (Å²) in [6, 6.07) is 9.48. The summed E-state index contributed by atoms with van der Waals surface area (Å²) in [7, 11) is 1.97. The van der Waals surface area contributed by atoms with Gasteiger partial charge in [0.1, 0.15) is 13.7 Å². The Labute approximate surface area is 93.1 Å². The number of nitrogens with one attached hydrogen (secondary N) is 1. The van der Waals surface area contributed by atoms with Crippen molar-refractivity contribution in [2.45, 2.75) is 6.43 Å². The fourth-order valence-corrected chi connectivity index (χ4v) is 1.51. The van der Waals surface area contributed by atoms with Gasteiger partial charge in [0.15, 0.2) is 0 Å². The molecule has 0 unspecified atom stereocenters. The number of alkyl halides is 2. The van der Waals surface area contributed by atoms with Crippen LogP contribution < -0.4 is 10.8 Å². The largest absolute Gasteiger partial charge is 0.364 e. The summed E-state index contributed by atoms with van der Waals surface area (Å²) in [4.78, 5) is 4.26. The smallest absolute Gasteiger partial charge is 0.255 e. The molecule has 0 aliphatic carbocycles. The van der Waals surface area contributed by atoms with Crippen LogP contribution in [0.2, 0.25) is 0 Å². The van der Waals surface area contributed by atoms with E-state index in [2.05, 4.69) is 10.3 Å². The quantitative estimate of drug-likeness (QED) is 0.785. The highest BCUT2D eigenvalue weighted by Gasteiger charge is 2.03. The molecule has 2 nitrogen and oxygen atoms in total. The molecule has 0 spiro atoms. The Kier molecular flexibility index (Phi) is 3.03. The molecular weight excluding hydrogens is 209 g/mol. The maximum Gasteiger partial charge on any atom is 0.255 e. The van der Waals surface area contributed by atoms with Gasteiger partial charge in [-0.15, -0.1) is 0 Å². The van der Waals surface area contributed by atoms with E-state index in [0.29, 0.717) is 5.82 Å². The molecule has 16 heavy (non-hydrogen) atoms. The maximum absolute atomic E-state index is 12.0. The van der Waals surface area contributed by atoms with Crippen LogP contribution in [0.3, 0.4) is 0 Å². The van der Waals surface area contributed by atoms with Gasteiger partial charge in [-0.3, -0.25) is 0 Å². The van der Waals surface area contributed by atoms with Crippen molar-refractivity contribution in [1.29, 1.82) is 0 Å². The van der Waals surface area contributed by atoms with Gasteiger partial charge >= 0.3 is 0 Å². The zero-order valence-electron chi connectivity index (χ0n) is 8.87. The average Bonchev–Trinajstić information content (AvgIpc) is 2.25. The average molecular weight is 220 g/mol. The summed E-state index contributed by atoms with van der Waals surface area (Å²) in [6.07, 6.45) is -2.37. The molecule has 1 N–H and O–H groups in total. The van der Waals surface area contributed by atoms with Crippen molar-refractivity contribution in [2.24, 2.45) is 0 Å². The minimum atomic E-state index is -2.37. The fourth-order valence-electron chi connectivity index (χ4n) is 1.51. The number of hydrogen-bond acceptors (Lipinski definition) is 2. The van der Waals surface area contributed by atoms with Crippen molar-refractivity contribution in [3.8, 4) is 0 Å². The molecule has 0 aliphatic heterocycles. The summed E-state index contributed by atoms with van der Waals surface area (Å²) in [5, 5.41) is 3.60. The first-order valence-corrected chi connectivity index (χ1v) is 5.04. The third-order valence-corrected chi connectivity index (χ3v) is 2.29. The molecule has 0 atom stereocenters. The molecule has 0 bridgehead atoms. The van der Waals surface area contributed by atoms with Crippen LogP contribution in [0.15, 0.2) is 30.3 Å². The number of fused-ring (bicyclic) bond motifs is 1. The molecular formula is C11H11BF2N2. The van der Waals surface area contributed by atoms with Crippen LogP contribution in [-0.2, 0) is 0 Å². The number of rotatable bonds is 3. The summed E-state index contributed by atoms with van der Waals surface area (Å²) >= 11 is 0. The lowest BCUT2D eigenvalue weighted by molar-refractivity contribution is 0.163. The molecule has 0 radical (unpaired) electrons. The van der Waals surface area contributed by atoms with Gasteiger partial charge in [-0.25, -0.2) is 13.8 Å². The maximum atomic E-state index is 12.0. The Morgan fingerprint density at radius 2 is 2.00 bits per heavy atom. The second-order valence-corrected chi connectivity index (χ2v) is 3.66. The number of aromatic nitrogens is 1. The van der Waals surface area contributed by atoms with Crippen LogP contribution >= 0.6 is 0 Å². The zero-order chi connectivity index (χ0) is 11.5. The highest BCUT2D eigenvalue weighted by Crippen LogP contribution is 2.13. The normalized spacial score (nSPS) is 10.9. The molecule has 2 rings (SSSR count).